The summed E-state index contributed by atoms with van der Waals surface area (Å²) in [6.07, 6.45) is 2.75. The number of ether oxygens (including phenoxy) is 1. The van der Waals surface area contributed by atoms with Crippen molar-refractivity contribution in [1.82, 2.24) is 10.2 Å². The Labute approximate surface area is 122 Å². The molecule has 0 amide bonds. The summed E-state index contributed by atoms with van der Waals surface area (Å²) in [7, 11) is 1.75. The summed E-state index contributed by atoms with van der Waals surface area (Å²) in [6, 6.07) is 0.175. The molecule has 0 aromatic heterocycles. The van der Waals surface area contributed by atoms with Crippen LogP contribution in [-0.2, 0) is 9.53 Å². The highest BCUT2D eigenvalue weighted by Gasteiger charge is 2.33. The Kier molecular flexibility index (Phi) is 6.92. The van der Waals surface area contributed by atoms with Crippen molar-refractivity contribution in [3.8, 4) is 0 Å². The summed E-state index contributed by atoms with van der Waals surface area (Å²) >= 11 is 0. The maximum absolute atomic E-state index is 11.4. The monoisotopic (exact) mass is 286 g/mol. The Balaban J connectivity index is 2.33. The van der Waals surface area contributed by atoms with Crippen molar-refractivity contribution in [3.63, 3.8) is 0 Å². The van der Waals surface area contributed by atoms with E-state index in [4.69, 9.17) is 4.74 Å². The largest absolute Gasteiger partial charge is 0.480 e. The first kappa shape index (κ1) is 17.4. The van der Waals surface area contributed by atoms with Gasteiger partial charge in [-0.05, 0) is 59.0 Å². The van der Waals surface area contributed by atoms with Gasteiger partial charge in [0.25, 0.3) is 0 Å². The number of carbonyl (C=O) groups is 1. The topological polar surface area (TPSA) is 61.8 Å². The molecule has 1 aliphatic heterocycles. The van der Waals surface area contributed by atoms with Gasteiger partial charge in [-0.25, -0.2) is 0 Å². The molecule has 0 aromatic carbocycles. The first-order valence-electron chi connectivity index (χ1n) is 7.60. The Morgan fingerprint density at radius 2 is 2.25 bits per heavy atom. The molecule has 2 unspecified atom stereocenters. The fourth-order valence-electron chi connectivity index (χ4n) is 3.02. The zero-order valence-corrected chi connectivity index (χ0v) is 13.3. The molecule has 1 aliphatic rings. The molecule has 0 aliphatic carbocycles. The fraction of sp³-hybridized carbons (Fsp3) is 0.933. The maximum atomic E-state index is 11.4. The average Bonchev–Trinajstić information content (AvgIpc) is 2.76. The summed E-state index contributed by atoms with van der Waals surface area (Å²) in [6.45, 7) is 9.74. The lowest BCUT2D eigenvalue weighted by Crippen LogP contribution is -2.52. The quantitative estimate of drug-likeness (QED) is 0.674. The van der Waals surface area contributed by atoms with Crippen LogP contribution in [0.5, 0.6) is 0 Å². The van der Waals surface area contributed by atoms with E-state index >= 15 is 0 Å². The van der Waals surface area contributed by atoms with E-state index in [0.29, 0.717) is 12.3 Å². The molecule has 0 radical (unpaired) electrons. The summed E-state index contributed by atoms with van der Waals surface area (Å²) in [5, 5.41) is 12.6. The standard InChI is InChI=1S/C15H30N2O3/c1-12(2)16-15(3,14(18)19)7-5-8-17-9-6-13(10-17)11-20-4/h12-13,16H,5-11H2,1-4H3,(H,18,19). The van der Waals surface area contributed by atoms with Crippen LogP contribution in [0.15, 0.2) is 0 Å². The molecule has 118 valence electrons. The Hall–Kier alpha value is -0.650. The van der Waals surface area contributed by atoms with Crippen molar-refractivity contribution >= 4 is 5.97 Å². The van der Waals surface area contributed by atoms with Gasteiger partial charge in [0.1, 0.15) is 5.54 Å². The van der Waals surface area contributed by atoms with Gasteiger partial charge < -0.3 is 14.7 Å². The molecule has 2 N–H and O–H groups in total. The second-order valence-electron chi connectivity index (χ2n) is 6.45. The van der Waals surface area contributed by atoms with Crippen LogP contribution >= 0.6 is 0 Å². The maximum Gasteiger partial charge on any atom is 0.323 e. The fourth-order valence-corrected chi connectivity index (χ4v) is 3.02. The normalized spacial score (nSPS) is 23.1. The third kappa shape index (κ3) is 5.38. The van der Waals surface area contributed by atoms with E-state index in [0.717, 1.165) is 32.7 Å². The van der Waals surface area contributed by atoms with Crippen LogP contribution in [0.4, 0.5) is 0 Å². The molecule has 1 saturated heterocycles. The molecular formula is C15H30N2O3. The highest BCUT2D eigenvalue weighted by Crippen LogP contribution is 2.19. The van der Waals surface area contributed by atoms with E-state index in [1.54, 1.807) is 14.0 Å². The van der Waals surface area contributed by atoms with Gasteiger partial charge in [-0.3, -0.25) is 10.1 Å². The van der Waals surface area contributed by atoms with E-state index in [1.807, 2.05) is 13.8 Å². The molecule has 5 nitrogen and oxygen atoms in total. The number of carboxylic acid groups (broad SMARTS) is 1. The van der Waals surface area contributed by atoms with Gasteiger partial charge in [-0.1, -0.05) is 0 Å². The van der Waals surface area contributed by atoms with E-state index in [2.05, 4.69) is 10.2 Å². The van der Waals surface area contributed by atoms with Crippen molar-refractivity contribution in [2.45, 2.75) is 51.6 Å². The lowest BCUT2D eigenvalue weighted by molar-refractivity contribution is -0.144. The van der Waals surface area contributed by atoms with Crippen LogP contribution < -0.4 is 5.32 Å². The van der Waals surface area contributed by atoms with Gasteiger partial charge in [0.05, 0.1) is 6.61 Å². The second kappa shape index (κ2) is 7.96. The average molecular weight is 286 g/mol. The van der Waals surface area contributed by atoms with Crippen molar-refractivity contribution in [2.75, 3.05) is 33.4 Å². The molecule has 0 bridgehead atoms. The van der Waals surface area contributed by atoms with E-state index in [-0.39, 0.29) is 6.04 Å². The van der Waals surface area contributed by atoms with Gasteiger partial charge in [-0.15, -0.1) is 0 Å². The summed E-state index contributed by atoms with van der Waals surface area (Å²) in [4.78, 5) is 13.8. The van der Waals surface area contributed by atoms with Crippen molar-refractivity contribution in [1.29, 1.82) is 0 Å². The molecule has 5 heteroatoms. The minimum absolute atomic E-state index is 0.175. The number of hydrogen-bond acceptors (Lipinski definition) is 4. The molecule has 1 heterocycles. The Morgan fingerprint density at radius 3 is 2.80 bits per heavy atom. The first-order chi connectivity index (χ1) is 9.37. The van der Waals surface area contributed by atoms with Crippen LogP contribution in [0.25, 0.3) is 0 Å². The smallest absolute Gasteiger partial charge is 0.323 e. The molecule has 0 spiro atoms. The minimum atomic E-state index is -0.820. The third-order valence-electron chi connectivity index (χ3n) is 4.00. The van der Waals surface area contributed by atoms with E-state index < -0.39 is 11.5 Å². The molecule has 0 aromatic rings. The number of likely N-dealkylation sites (tertiary alicyclic amines) is 1. The number of rotatable bonds is 9. The summed E-state index contributed by atoms with van der Waals surface area (Å²) in [5.41, 5.74) is -0.820. The van der Waals surface area contributed by atoms with Crippen LogP contribution in [0.2, 0.25) is 0 Å². The minimum Gasteiger partial charge on any atom is -0.480 e. The summed E-state index contributed by atoms with van der Waals surface area (Å²) in [5.74, 6) is -0.121. The van der Waals surface area contributed by atoms with Crippen molar-refractivity contribution in [2.24, 2.45) is 5.92 Å². The molecule has 1 fully saturated rings. The van der Waals surface area contributed by atoms with Crippen LogP contribution in [0.1, 0.15) is 40.0 Å². The van der Waals surface area contributed by atoms with Gasteiger partial charge in [0.2, 0.25) is 0 Å². The Bertz CT molecular complexity index is 309. The molecule has 1 rings (SSSR count). The summed E-state index contributed by atoms with van der Waals surface area (Å²) < 4.78 is 5.19. The van der Waals surface area contributed by atoms with Crippen LogP contribution in [0.3, 0.4) is 0 Å². The van der Waals surface area contributed by atoms with Gasteiger partial charge >= 0.3 is 5.97 Å². The molecule has 20 heavy (non-hydrogen) atoms. The number of nitrogens with zero attached hydrogens (tertiary/aromatic N) is 1. The SMILES string of the molecule is COCC1CCN(CCCC(C)(NC(C)C)C(=O)O)C1. The lowest BCUT2D eigenvalue weighted by Gasteiger charge is -2.29. The van der Waals surface area contributed by atoms with E-state index in [9.17, 15) is 9.90 Å². The highest BCUT2D eigenvalue weighted by molar-refractivity contribution is 5.78. The van der Waals surface area contributed by atoms with Gasteiger partial charge in [-0.2, -0.15) is 0 Å². The third-order valence-corrected chi connectivity index (χ3v) is 4.00. The zero-order valence-electron chi connectivity index (χ0n) is 13.3. The first-order valence-corrected chi connectivity index (χ1v) is 7.60. The predicted octanol–water partition coefficient (Wildman–Crippen LogP) is 1.58. The number of carboxylic acids is 1. The number of nitrogens with one attached hydrogen (secondary N) is 1. The predicted molar refractivity (Wildman–Crippen MR) is 80.0 cm³/mol. The number of methoxy groups -OCH3 is 1. The van der Waals surface area contributed by atoms with Crippen molar-refractivity contribution < 1.29 is 14.6 Å². The van der Waals surface area contributed by atoms with Gasteiger partial charge in [0, 0.05) is 19.7 Å². The zero-order chi connectivity index (χ0) is 15.2. The van der Waals surface area contributed by atoms with Gasteiger partial charge in [0.15, 0.2) is 0 Å². The van der Waals surface area contributed by atoms with Crippen molar-refractivity contribution in [3.05, 3.63) is 0 Å². The van der Waals surface area contributed by atoms with Crippen LogP contribution in [-0.4, -0.2) is 60.9 Å². The van der Waals surface area contributed by atoms with E-state index in [1.165, 1.54) is 6.42 Å². The molecular weight excluding hydrogens is 256 g/mol. The number of aliphatic carboxylic acids is 1. The number of hydrogen-bond donors (Lipinski definition) is 2. The van der Waals surface area contributed by atoms with Crippen LogP contribution in [0, 0.1) is 5.92 Å². The lowest BCUT2D eigenvalue weighted by atomic mass is 9.94. The molecule has 2 atom stereocenters. The highest BCUT2D eigenvalue weighted by atomic mass is 16.5. The second-order valence-corrected chi connectivity index (χ2v) is 6.45. The molecule has 0 saturated carbocycles. The Morgan fingerprint density at radius 1 is 1.55 bits per heavy atom.